The highest BCUT2D eigenvalue weighted by molar-refractivity contribution is 5.61. The van der Waals surface area contributed by atoms with E-state index in [1.165, 1.54) is 43.5 Å². The van der Waals surface area contributed by atoms with Gasteiger partial charge in [0.05, 0.1) is 20.3 Å². The Morgan fingerprint density at radius 1 is 1.14 bits per heavy atom. The van der Waals surface area contributed by atoms with Gasteiger partial charge in [-0.3, -0.25) is 4.90 Å². The molecule has 4 fully saturated rings. The number of ether oxygens (including phenoxy) is 4. The average molecular weight is 383 g/mol. The zero-order chi connectivity index (χ0) is 18.5. The van der Waals surface area contributed by atoms with Crippen molar-refractivity contribution < 1.29 is 18.9 Å². The molecule has 28 heavy (non-hydrogen) atoms. The minimum atomic E-state index is -0.571. The fourth-order valence-electron chi connectivity index (χ4n) is 7.37. The molecule has 1 aromatic carbocycles. The van der Waals surface area contributed by atoms with Crippen LogP contribution >= 0.6 is 0 Å². The van der Waals surface area contributed by atoms with Crippen LogP contribution in [0.2, 0.25) is 0 Å². The summed E-state index contributed by atoms with van der Waals surface area (Å²) in [7, 11) is 1.75. The summed E-state index contributed by atoms with van der Waals surface area (Å²) in [5, 5.41) is 0. The van der Waals surface area contributed by atoms with Crippen LogP contribution in [0.1, 0.15) is 43.2 Å². The zero-order valence-electron chi connectivity index (χ0n) is 16.6. The molecular weight excluding hydrogens is 354 g/mol. The van der Waals surface area contributed by atoms with Crippen LogP contribution in [0.5, 0.6) is 11.5 Å². The highest BCUT2D eigenvalue weighted by Gasteiger charge is 2.71. The lowest BCUT2D eigenvalue weighted by atomic mass is 9.50. The number of nitrogens with zero attached hydrogens (tertiary/aromatic N) is 1. The van der Waals surface area contributed by atoms with Gasteiger partial charge in [-0.25, -0.2) is 0 Å². The van der Waals surface area contributed by atoms with Crippen LogP contribution in [0.25, 0.3) is 0 Å². The van der Waals surface area contributed by atoms with Gasteiger partial charge in [-0.15, -0.1) is 0 Å². The number of hydrogen-bond donors (Lipinski definition) is 0. The summed E-state index contributed by atoms with van der Waals surface area (Å²) in [6.07, 6.45) is 7.22. The molecule has 2 bridgehead atoms. The van der Waals surface area contributed by atoms with Gasteiger partial charge in [0.15, 0.2) is 17.6 Å². The normalized spacial score (nSPS) is 39.7. The van der Waals surface area contributed by atoms with Crippen LogP contribution in [-0.2, 0) is 21.3 Å². The molecule has 0 radical (unpaired) electrons. The molecule has 4 atom stereocenters. The van der Waals surface area contributed by atoms with Gasteiger partial charge in [0.1, 0.15) is 0 Å². The summed E-state index contributed by atoms with van der Waals surface area (Å²) in [5.41, 5.74) is 2.92. The van der Waals surface area contributed by atoms with Gasteiger partial charge < -0.3 is 18.9 Å². The van der Waals surface area contributed by atoms with Crippen molar-refractivity contribution >= 4 is 0 Å². The summed E-state index contributed by atoms with van der Waals surface area (Å²) in [6, 6.07) is 5.03. The summed E-state index contributed by atoms with van der Waals surface area (Å²) in [5.74, 6) is 2.84. The number of hydrogen-bond acceptors (Lipinski definition) is 5. The maximum atomic E-state index is 6.77. The third kappa shape index (κ3) is 1.89. The molecule has 0 aromatic heterocycles. The van der Waals surface area contributed by atoms with Gasteiger partial charge in [0.2, 0.25) is 5.79 Å². The largest absolute Gasteiger partial charge is 0.493 e. The topological polar surface area (TPSA) is 40.2 Å². The Bertz CT molecular complexity index is 830. The molecule has 150 valence electrons. The second-order valence-electron chi connectivity index (χ2n) is 9.78. The summed E-state index contributed by atoms with van der Waals surface area (Å²) in [6.45, 7) is 3.82. The fraction of sp³-hybridized carbons (Fsp3) is 0.739. The quantitative estimate of drug-likeness (QED) is 0.803. The molecule has 0 amide bonds. The van der Waals surface area contributed by atoms with Gasteiger partial charge >= 0.3 is 0 Å². The van der Waals surface area contributed by atoms with Crippen LogP contribution in [0.4, 0.5) is 0 Å². The van der Waals surface area contributed by atoms with E-state index in [1.807, 2.05) is 0 Å². The molecule has 2 spiro atoms. The Kier molecular flexibility index (Phi) is 3.20. The van der Waals surface area contributed by atoms with E-state index in [-0.39, 0.29) is 11.5 Å². The Balaban J connectivity index is 1.41. The third-order valence-corrected chi connectivity index (χ3v) is 8.60. The van der Waals surface area contributed by atoms with Crippen molar-refractivity contribution in [1.82, 2.24) is 4.90 Å². The van der Waals surface area contributed by atoms with Gasteiger partial charge in [-0.2, -0.15) is 0 Å². The third-order valence-electron chi connectivity index (χ3n) is 8.60. The predicted molar refractivity (Wildman–Crippen MR) is 103 cm³/mol. The number of likely N-dealkylation sites (tertiary alicyclic amines) is 1. The maximum Gasteiger partial charge on any atom is 0.206 e. The molecule has 6 aliphatic rings. The Labute approximate surface area is 166 Å². The van der Waals surface area contributed by atoms with E-state index in [1.54, 1.807) is 7.11 Å². The monoisotopic (exact) mass is 383 g/mol. The summed E-state index contributed by atoms with van der Waals surface area (Å²) < 4.78 is 25.1. The molecule has 5 nitrogen and oxygen atoms in total. The predicted octanol–water partition coefficient (Wildman–Crippen LogP) is 2.89. The molecule has 5 heteroatoms. The van der Waals surface area contributed by atoms with Crippen LogP contribution < -0.4 is 9.47 Å². The van der Waals surface area contributed by atoms with Crippen molar-refractivity contribution in [3.8, 4) is 11.5 Å². The lowest BCUT2D eigenvalue weighted by molar-refractivity contribution is -0.261. The molecule has 0 N–H and O–H groups in total. The standard InChI is InChI=1S/C23H29NO4/c1-25-18-5-4-15-12-17-16-6-7-23(26-10-11-27-23)21-22(16,19(15)20(18)28-21)8-9-24(17)13-14-2-3-14/h4-5,14,16-17,21H,2-3,6-13H2,1H3/t16?,17-,21-,22+/m1/s1. The Morgan fingerprint density at radius 2 is 2.00 bits per heavy atom. The molecule has 2 saturated carbocycles. The lowest BCUT2D eigenvalue weighted by Crippen LogP contribution is -2.70. The van der Waals surface area contributed by atoms with Crippen molar-refractivity contribution in [2.75, 3.05) is 33.4 Å². The van der Waals surface area contributed by atoms with Gasteiger partial charge in [0, 0.05) is 30.0 Å². The molecular formula is C23H29NO4. The van der Waals surface area contributed by atoms with E-state index >= 15 is 0 Å². The first-order valence-electron chi connectivity index (χ1n) is 11.1. The summed E-state index contributed by atoms with van der Waals surface area (Å²) >= 11 is 0. The van der Waals surface area contributed by atoms with E-state index in [4.69, 9.17) is 18.9 Å². The molecule has 1 unspecified atom stereocenters. The number of methoxy groups -OCH3 is 1. The van der Waals surface area contributed by atoms with E-state index in [0.29, 0.717) is 25.2 Å². The van der Waals surface area contributed by atoms with E-state index < -0.39 is 5.79 Å². The number of benzene rings is 1. The SMILES string of the molecule is COc1ccc2c3c1O[C@H]1C4(CCC5[C@@H](C2)N(CC2CC2)CC[C@@]351)OCCO4. The highest BCUT2D eigenvalue weighted by Crippen LogP contribution is 2.66. The minimum absolute atomic E-state index is 0.0186. The molecule has 3 aliphatic carbocycles. The molecule has 2 saturated heterocycles. The molecule has 7 rings (SSSR count). The smallest absolute Gasteiger partial charge is 0.206 e. The number of rotatable bonds is 3. The van der Waals surface area contributed by atoms with Crippen LogP contribution in [0, 0.1) is 11.8 Å². The first-order chi connectivity index (χ1) is 13.7. The minimum Gasteiger partial charge on any atom is -0.493 e. The van der Waals surface area contributed by atoms with Gasteiger partial charge in [-0.05, 0) is 62.1 Å². The van der Waals surface area contributed by atoms with Gasteiger partial charge in [-0.1, -0.05) is 6.07 Å². The van der Waals surface area contributed by atoms with Crippen molar-refractivity contribution in [2.24, 2.45) is 11.8 Å². The maximum absolute atomic E-state index is 6.77. The second kappa shape index (κ2) is 5.44. The fourth-order valence-corrected chi connectivity index (χ4v) is 7.37. The number of piperidine rings is 1. The first kappa shape index (κ1) is 16.5. The van der Waals surface area contributed by atoms with Crippen molar-refractivity contribution in [1.29, 1.82) is 0 Å². The Morgan fingerprint density at radius 3 is 2.79 bits per heavy atom. The molecule has 3 aliphatic heterocycles. The van der Waals surface area contributed by atoms with Crippen molar-refractivity contribution in [3.63, 3.8) is 0 Å². The first-order valence-corrected chi connectivity index (χ1v) is 11.1. The van der Waals surface area contributed by atoms with Gasteiger partial charge in [0.25, 0.3) is 0 Å². The van der Waals surface area contributed by atoms with Crippen LogP contribution in [-0.4, -0.2) is 56.2 Å². The Hall–Kier alpha value is -1.30. The lowest BCUT2D eigenvalue weighted by Gasteiger charge is -2.61. The highest BCUT2D eigenvalue weighted by atomic mass is 16.8. The van der Waals surface area contributed by atoms with Crippen LogP contribution in [0.15, 0.2) is 12.1 Å². The molecule has 3 heterocycles. The second-order valence-corrected chi connectivity index (χ2v) is 9.78. The molecule has 1 aromatic rings. The average Bonchev–Trinajstić information content (AvgIpc) is 3.28. The van der Waals surface area contributed by atoms with E-state index in [2.05, 4.69) is 17.0 Å². The van der Waals surface area contributed by atoms with Crippen molar-refractivity contribution in [3.05, 3.63) is 23.3 Å². The van der Waals surface area contributed by atoms with Crippen molar-refractivity contribution in [2.45, 2.75) is 61.9 Å². The van der Waals surface area contributed by atoms with Crippen LogP contribution in [0.3, 0.4) is 0 Å². The van der Waals surface area contributed by atoms with E-state index in [9.17, 15) is 0 Å². The zero-order valence-corrected chi connectivity index (χ0v) is 16.6. The van der Waals surface area contributed by atoms with E-state index in [0.717, 1.165) is 36.7 Å². The number of fused-ring (bicyclic) bond motifs is 1. The summed E-state index contributed by atoms with van der Waals surface area (Å²) in [4.78, 5) is 2.82.